The van der Waals surface area contributed by atoms with Crippen LogP contribution in [-0.4, -0.2) is 17.3 Å². The largest absolute Gasteiger partial charge is 0.337 e. The molecule has 0 aliphatic carbocycles. The highest BCUT2D eigenvalue weighted by molar-refractivity contribution is 8.27. The zero-order chi connectivity index (χ0) is 17.7. The van der Waals surface area contributed by atoms with Gasteiger partial charge in [0.1, 0.15) is 4.91 Å². The molecule has 3 nitrogen and oxygen atoms in total. The first-order valence-electron chi connectivity index (χ1n) is 7.54. The normalized spacial score (nSPS) is 19.8. The molecule has 1 saturated heterocycles. The second-order valence-corrected chi connectivity index (χ2v) is 8.87. The Kier molecular flexibility index (Phi) is 4.32. The molecular weight excluding hydrogens is 392 g/mol. The summed E-state index contributed by atoms with van der Waals surface area (Å²) in [4.78, 5) is 18.4. The van der Waals surface area contributed by atoms with Gasteiger partial charge in [-0.2, -0.15) is 0 Å². The van der Waals surface area contributed by atoms with Crippen molar-refractivity contribution >= 4 is 68.9 Å². The number of nitrogens with zero attached hydrogens (tertiary/aromatic N) is 2. The summed E-state index contributed by atoms with van der Waals surface area (Å²) >= 11 is 14.5. The van der Waals surface area contributed by atoms with Gasteiger partial charge in [0, 0.05) is 17.0 Å². The Morgan fingerprint density at radius 3 is 2.68 bits per heavy atom. The molecule has 2 aromatic rings. The summed E-state index contributed by atoms with van der Waals surface area (Å²) in [7, 11) is 1.95. The Morgan fingerprint density at radius 1 is 1.12 bits per heavy atom. The van der Waals surface area contributed by atoms with Crippen LogP contribution in [0.3, 0.4) is 0 Å². The van der Waals surface area contributed by atoms with E-state index in [0.717, 1.165) is 26.9 Å². The van der Waals surface area contributed by atoms with E-state index in [-0.39, 0.29) is 5.91 Å². The number of fused-ring (bicyclic) bond motifs is 1. The van der Waals surface area contributed by atoms with Gasteiger partial charge in [-0.05, 0) is 42.8 Å². The molecule has 0 N–H and O–H groups in total. The molecule has 2 aliphatic rings. The number of halogens is 1. The Balaban J connectivity index is 1.74. The molecule has 0 aromatic heterocycles. The van der Waals surface area contributed by atoms with Crippen molar-refractivity contribution in [2.75, 3.05) is 16.8 Å². The second-order valence-electron chi connectivity index (χ2n) is 5.75. The molecule has 0 radical (unpaired) electrons. The molecule has 2 aromatic carbocycles. The fourth-order valence-corrected chi connectivity index (χ4v) is 5.58. The van der Waals surface area contributed by atoms with Crippen LogP contribution in [0.25, 0.3) is 0 Å². The van der Waals surface area contributed by atoms with Crippen molar-refractivity contribution in [3.8, 4) is 0 Å². The van der Waals surface area contributed by atoms with Gasteiger partial charge in [-0.1, -0.05) is 59.5 Å². The van der Waals surface area contributed by atoms with Crippen molar-refractivity contribution < 1.29 is 4.79 Å². The van der Waals surface area contributed by atoms with E-state index in [0.29, 0.717) is 14.2 Å². The summed E-state index contributed by atoms with van der Waals surface area (Å²) < 4.78 is 0.557. The third-order valence-electron chi connectivity index (χ3n) is 4.02. The maximum Gasteiger partial charge on any atom is 0.273 e. The van der Waals surface area contributed by atoms with E-state index in [2.05, 4.69) is 0 Å². The Morgan fingerprint density at radius 2 is 1.92 bits per heavy atom. The molecule has 25 heavy (non-hydrogen) atoms. The quantitative estimate of drug-likeness (QED) is 0.466. The zero-order valence-electron chi connectivity index (χ0n) is 13.4. The second kappa shape index (κ2) is 6.36. The Hall–Kier alpha value is -1.47. The van der Waals surface area contributed by atoms with E-state index in [1.165, 1.54) is 11.8 Å². The molecule has 1 fully saturated rings. The number of carbonyl (C=O) groups is 1. The lowest BCUT2D eigenvalue weighted by molar-refractivity contribution is -0.113. The maximum atomic E-state index is 13.1. The number of thiocarbonyl (C=S) groups is 1. The van der Waals surface area contributed by atoms with E-state index in [4.69, 9.17) is 23.8 Å². The van der Waals surface area contributed by atoms with Crippen molar-refractivity contribution in [1.82, 2.24) is 0 Å². The van der Waals surface area contributed by atoms with Crippen LogP contribution < -0.4 is 9.80 Å². The van der Waals surface area contributed by atoms with Gasteiger partial charge in [-0.15, -0.1) is 0 Å². The molecule has 126 valence electrons. The van der Waals surface area contributed by atoms with Crippen LogP contribution in [0.4, 0.5) is 11.4 Å². The smallest absolute Gasteiger partial charge is 0.273 e. The third-order valence-corrected chi connectivity index (χ3v) is 6.98. The fourth-order valence-electron chi connectivity index (χ4n) is 2.81. The molecule has 2 heterocycles. The van der Waals surface area contributed by atoms with Crippen molar-refractivity contribution in [3.63, 3.8) is 0 Å². The highest BCUT2D eigenvalue weighted by atomic mass is 35.5. The number of benzene rings is 2. The van der Waals surface area contributed by atoms with Gasteiger partial charge < -0.3 is 4.90 Å². The first-order chi connectivity index (χ1) is 12.0. The highest BCUT2D eigenvalue weighted by Gasteiger charge is 2.39. The van der Waals surface area contributed by atoms with Gasteiger partial charge in [0.05, 0.1) is 16.4 Å². The van der Waals surface area contributed by atoms with E-state index in [1.54, 1.807) is 16.7 Å². The molecule has 0 saturated carbocycles. The van der Waals surface area contributed by atoms with Gasteiger partial charge >= 0.3 is 0 Å². The minimum atomic E-state index is -0.0751. The van der Waals surface area contributed by atoms with Crippen LogP contribution in [0, 0.1) is 6.92 Å². The predicted molar refractivity (Wildman–Crippen MR) is 112 cm³/mol. The molecule has 7 heteroatoms. The number of thioether (sulfide) groups is 2. The average Bonchev–Trinajstić information content (AvgIpc) is 3.04. The van der Waals surface area contributed by atoms with Gasteiger partial charge in [-0.3, -0.25) is 9.69 Å². The van der Waals surface area contributed by atoms with Crippen LogP contribution in [0.2, 0.25) is 5.02 Å². The van der Waals surface area contributed by atoms with Crippen LogP contribution in [0.1, 0.15) is 5.56 Å². The molecule has 0 bridgehead atoms. The molecule has 4 rings (SSSR count). The van der Waals surface area contributed by atoms with Gasteiger partial charge in [0.25, 0.3) is 5.91 Å². The van der Waals surface area contributed by atoms with E-state index >= 15 is 0 Å². The minimum absolute atomic E-state index is 0.0751. The lowest BCUT2D eigenvalue weighted by Gasteiger charge is -2.16. The number of amides is 1. The van der Waals surface area contributed by atoms with Crippen LogP contribution in [0.15, 0.2) is 57.3 Å². The SMILES string of the molecule is Cc1cccc(N2C(=O)/C(=C3/Sc4ccc(Cl)cc4N3C)SC2=S)c1. The lowest BCUT2D eigenvalue weighted by Crippen LogP contribution is -2.28. The number of rotatable bonds is 1. The number of anilines is 2. The summed E-state index contributed by atoms with van der Waals surface area (Å²) in [6.07, 6.45) is 0. The first kappa shape index (κ1) is 17.0. The standard InChI is InChI=1S/C18H13ClN2OS3/c1-10-4-3-5-12(8-10)21-16(22)15(25-18(21)23)17-20(2)13-9-11(19)6-7-14(13)24-17/h3-9H,1-2H3/b17-15-. The maximum absolute atomic E-state index is 13.1. The molecule has 2 aliphatic heterocycles. The number of aryl methyl sites for hydroxylation is 1. The van der Waals surface area contributed by atoms with Crippen molar-refractivity contribution in [1.29, 1.82) is 0 Å². The van der Waals surface area contributed by atoms with Gasteiger partial charge in [0.2, 0.25) is 0 Å². The van der Waals surface area contributed by atoms with Crippen molar-refractivity contribution in [2.45, 2.75) is 11.8 Å². The van der Waals surface area contributed by atoms with Crippen molar-refractivity contribution in [3.05, 3.63) is 63.0 Å². The summed E-state index contributed by atoms with van der Waals surface area (Å²) in [5.41, 5.74) is 2.91. The fraction of sp³-hybridized carbons (Fsp3) is 0.111. The summed E-state index contributed by atoms with van der Waals surface area (Å²) in [5.74, 6) is -0.0751. The van der Waals surface area contributed by atoms with E-state index in [1.807, 2.05) is 61.3 Å². The molecule has 0 unspecified atom stereocenters. The average molecular weight is 405 g/mol. The minimum Gasteiger partial charge on any atom is -0.337 e. The summed E-state index contributed by atoms with van der Waals surface area (Å²) in [6.45, 7) is 2.00. The predicted octanol–water partition coefficient (Wildman–Crippen LogP) is 5.42. The monoisotopic (exact) mass is 404 g/mol. The Labute approximate surface area is 165 Å². The number of carbonyl (C=O) groups excluding carboxylic acids is 1. The van der Waals surface area contributed by atoms with Crippen LogP contribution in [0.5, 0.6) is 0 Å². The van der Waals surface area contributed by atoms with Crippen molar-refractivity contribution in [2.24, 2.45) is 0 Å². The third kappa shape index (κ3) is 2.87. The highest BCUT2D eigenvalue weighted by Crippen LogP contribution is 2.51. The molecule has 1 amide bonds. The summed E-state index contributed by atoms with van der Waals surface area (Å²) in [5, 5.41) is 1.57. The van der Waals surface area contributed by atoms with E-state index in [9.17, 15) is 4.79 Å². The zero-order valence-corrected chi connectivity index (χ0v) is 16.7. The van der Waals surface area contributed by atoms with Crippen LogP contribution >= 0.6 is 47.3 Å². The number of hydrogen-bond donors (Lipinski definition) is 0. The Bertz CT molecular complexity index is 957. The molecule has 0 spiro atoms. The first-order valence-corrected chi connectivity index (χ1v) is 9.96. The van der Waals surface area contributed by atoms with Gasteiger partial charge in [-0.25, -0.2) is 0 Å². The van der Waals surface area contributed by atoms with E-state index < -0.39 is 0 Å². The number of hydrogen-bond acceptors (Lipinski definition) is 5. The lowest BCUT2D eigenvalue weighted by atomic mass is 10.2. The molecular formula is C18H13ClN2OS3. The molecule has 0 atom stereocenters. The summed E-state index contributed by atoms with van der Waals surface area (Å²) in [6, 6.07) is 13.6. The topological polar surface area (TPSA) is 23.6 Å². The van der Waals surface area contributed by atoms with Gasteiger partial charge in [0.15, 0.2) is 4.32 Å². The van der Waals surface area contributed by atoms with Crippen LogP contribution in [-0.2, 0) is 4.79 Å².